The molecule has 2 unspecified atom stereocenters. The fourth-order valence-electron chi connectivity index (χ4n) is 2.57. The number of rotatable bonds is 3. The molecule has 0 radical (unpaired) electrons. The Bertz CT molecular complexity index is 416. The molecular weight excluding hydrogens is 359 g/mol. The number of allylic oxidation sites excluding steroid dienone is 1. The molecule has 0 aromatic heterocycles. The van der Waals surface area contributed by atoms with Gasteiger partial charge in [0.15, 0.2) is 0 Å². The van der Waals surface area contributed by atoms with Crippen LogP contribution in [0.2, 0.25) is 5.02 Å². The summed E-state index contributed by atoms with van der Waals surface area (Å²) in [6, 6.07) is 8.54. The third kappa shape index (κ3) is 3.07. The molecule has 1 aliphatic heterocycles. The van der Waals surface area contributed by atoms with Crippen molar-refractivity contribution < 1.29 is 29.0 Å². The van der Waals surface area contributed by atoms with Crippen molar-refractivity contribution >= 4 is 11.6 Å². The molecule has 1 heterocycles. The molecule has 2 atom stereocenters. The van der Waals surface area contributed by atoms with E-state index in [1.807, 2.05) is 12.1 Å². The van der Waals surface area contributed by atoms with Crippen LogP contribution in [0.15, 0.2) is 36.0 Å². The highest BCUT2D eigenvalue weighted by molar-refractivity contribution is 6.30. The van der Waals surface area contributed by atoms with Crippen LogP contribution in [0.1, 0.15) is 31.9 Å². The first-order valence-corrected chi connectivity index (χ1v) is 6.60. The molecular formula is C14H20ClIN2. The van der Waals surface area contributed by atoms with Crippen molar-refractivity contribution in [1.82, 2.24) is 5.01 Å². The standard InChI is InChI=1S/C14H19ClN2.HI/c1-4-13-10-14(16(3)17(13)5-2)11-6-8-12(15)9-7-11;/h6-10,14H,4-5H2,1-3H3;1H. The Hall–Kier alpha value is -0.100. The Morgan fingerprint density at radius 2 is 1.83 bits per heavy atom. The van der Waals surface area contributed by atoms with Crippen molar-refractivity contribution in [2.45, 2.75) is 26.3 Å². The summed E-state index contributed by atoms with van der Waals surface area (Å²) in [5.74, 6) is 0. The Morgan fingerprint density at radius 3 is 2.28 bits per heavy atom. The third-order valence-corrected chi connectivity index (χ3v) is 3.75. The summed E-state index contributed by atoms with van der Waals surface area (Å²) < 4.78 is 0. The van der Waals surface area contributed by atoms with Crippen molar-refractivity contribution in [2.75, 3.05) is 13.6 Å². The Labute approximate surface area is 132 Å². The number of hydrogen-bond acceptors (Lipinski definition) is 1. The van der Waals surface area contributed by atoms with Gasteiger partial charge in [0.05, 0.1) is 6.54 Å². The normalized spacial score (nSPS) is 23.7. The van der Waals surface area contributed by atoms with Gasteiger partial charge >= 0.3 is 0 Å². The van der Waals surface area contributed by atoms with E-state index in [0.717, 1.165) is 18.0 Å². The first-order valence-electron chi connectivity index (χ1n) is 6.22. The van der Waals surface area contributed by atoms with E-state index in [9.17, 15) is 0 Å². The van der Waals surface area contributed by atoms with Crippen LogP contribution < -0.4 is 29.0 Å². The topological polar surface area (TPSA) is 7.68 Å². The minimum atomic E-state index is 0. The predicted molar refractivity (Wildman–Crippen MR) is 71.8 cm³/mol. The van der Waals surface area contributed by atoms with Crippen LogP contribution in [0.4, 0.5) is 0 Å². The molecule has 100 valence electrons. The molecule has 0 aliphatic carbocycles. The first kappa shape index (κ1) is 16.0. The SMILES string of the molecule is CCC1=CC(c2ccc(Cl)cc2)N(C)[NH+]1CC.[I-]. The van der Waals surface area contributed by atoms with E-state index in [1.165, 1.54) is 16.3 Å². The van der Waals surface area contributed by atoms with Crippen LogP contribution in [0.3, 0.4) is 0 Å². The summed E-state index contributed by atoms with van der Waals surface area (Å²) in [5, 5.41) is 4.64. The fraction of sp³-hybridized carbons (Fsp3) is 0.429. The number of benzene rings is 1. The highest BCUT2D eigenvalue weighted by Crippen LogP contribution is 2.25. The molecule has 0 bridgehead atoms. The van der Waals surface area contributed by atoms with Gasteiger partial charge in [-0.15, -0.1) is 5.01 Å². The van der Waals surface area contributed by atoms with Gasteiger partial charge in [-0.1, -0.05) is 30.7 Å². The van der Waals surface area contributed by atoms with Crippen LogP contribution in [0.25, 0.3) is 0 Å². The third-order valence-electron chi connectivity index (χ3n) is 3.50. The molecule has 1 aromatic rings. The van der Waals surface area contributed by atoms with Gasteiger partial charge in [0.25, 0.3) is 0 Å². The minimum absolute atomic E-state index is 0. The van der Waals surface area contributed by atoms with Gasteiger partial charge in [-0.3, -0.25) is 0 Å². The summed E-state index contributed by atoms with van der Waals surface area (Å²) in [7, 11) is 2.18. The van der Waals surface area contributed by atoms with Crippen molar-refractivity contribution in [3.63, 3.8) is 0 Å². The molecule has 1 aromatic carbocycles. The molecule has 2 rings (SSSR count). The predicted octanol–water partition coefficient (Wildman–Crippen LogP) is -0.556. The number of halogens is 2. The lowest BCUT2D eigenvalue weighted by Gasteiger charge is -2.25. The molecule has 0 saturated carbocycles. The Kier molecular flexibility index (Phi) is 6.11. The number of quaternary nitrogens is 1. The maximum Gasteiger partial charge on any atom is 0.124 e. The number of nitrogens with zero attached hydrogens (tertiary/aromatic N) is 1. The van der Waals surface area contributed by atoms with Gasteiger partial charge in [-0.2, -0.15) is 0 Å². The number of likely N-dealkylation sites (N-methyl/N-ethyl adjacent to an activating group) is 1. The van der Waals surface area contributed by atoms with Crippen molar-refractivity contribution in [3.05, 3.63) is 46.6 Å². The molecule has 0 saturated heterocycles. The van der Waals surface area contributed by atoms with E-state index in [1.54, 1.807) is 0 Å². The fourth-order valence-corrected chi connectivity index (χ4v) is 2.70. The van der Waals surface area contributed by atoms with Crippen LogP contribution >= 0.6 is 11.6 Å². The summed E-state index contributed by atoms with van der Waals surface area (Å²) in [4.78, 5) is 0. The van der Waals surface area contributed by atoms with E-state index in [2.05, 4.69) is 44.1 Å². The first-order chi connectivity index (χ1) is 8.17. The summed E-state index contributed by atoms with van der Waals surface area (Å²) >= 11 is 5.93. The second kappa shape index (κ2) is 6.89. The lowest BCUT2D eigenvalue weighted by Crippen LogP contribution is -3.14. The van der Waals surface area contributed by atoms with Gasteiger partial charge in [-0.05, 0) is 24.6 Å². The average Bonchev–Trinajstić information content (AvgIpc) is 2.66. The maximum atomic E-state index is 5.93. The van der Waals surface area contributed by atoms with E-state index in [4.69, 9.17) is 11.6 Å². The van der Waals surface area contributed by atoms with Gasteiger partial charge in [0, 0.05) is 24.6 Å². The quantitative estimate of drug-likeness (QED) is 0.693. The maximum absolute atomic E-state index is 5.93. The Balaban J connectivity index is 0.00000162. The zero-order valence-electron chi connectivity index (χ0n) is 11.1. The second-order valence-corrected chi connectivity index (χ2v) is 4.89. The largest absolute Gasteiger partial charge is 1.00 e. The van der Waals surface area contributed by atoms with Crippen LogP contribution in [-0.2, 0) is 0 Å². The van der Waals surface area contributed by atoms with Gasteiger partial charge in [0.1, 0.15) is 11.7 Å². The molecule has 4 heteroatoms. The smallest absolute Gasteiger partial charge is 0.124 e. The minimum Gasteiger partial charge on any atom is -1.00 e. The van der Waals surface area contributed by atoms with E-state index >= 15 is 0 Å². The zero-order chi connectivity index (χ0) is 12.4. The molecule has 1 aliphatic rings. The van der Waals surface area contributed by atoms with Gasteiger partial charge < -0.3 is 24.0 Å². The molecule has 18 heavy (non-hydrogen) atoms. The highest BCUT2D eigenvalue weighted by Gasteiger charge is 2.33. The van der Waals surface area contributed by atoms with Crippen LogP contribution in [-0.4, -0.2) is 18.6 Å². The molecule has 0 fully saturated rings. The molecule has 1 N–H and O–H groups in total. The summed E-state index contributed by atoms with van der Waals surface area (Å²) in [6.45, 7) is 5.54. The second-order valence-electron chi connectivity index (χ2n) is 4.45. The van der Waals surface area contributed by atoms with Crippen LogP contribution in [0.5, 0.6) is 0 Å². The highest BCUT2D eigenvalue weighted by atomic mass is 127. The zero-order valence-corrected chi connectivity index (χ0v) is 14.0. The van der Waals surface area contributed by atoms with Crippen molar-refractivity contribution in [1.29, 1.82) is 0 Å². The van der Waals surface area contributed by atoms with Crippen molar-refractivity contribution in [3.8, 4) is 0 Å². The monoisotopic (exact) mass is 378 g/mol. The van der Waals surface area contributed by atoms with Gasteiger partial charge in [0.2, 0.25) is 0 Å². The number of nitrogens with one attached hydrogen (secondary N) is 1. The van der Waals surface area contributed by atoms with E-state index in [0.29, 0.717) is 6.04 Å². The van der Waals surface area contributed by atoms with Crippen LogP contribution in [0, 0.1) is 0 Å². The molecule has 2 nitrogen and oxygen atoms in total. The van der Waals surface area contributed by atoms with Crippen molar-refractivity contribution in [2.24, 2.45) is 0 Å². The molecule has 0 spiro atoms. The van der Waals surface area contributed by atoms with Gasteiger partial charge in [-0.25, -0.2) is 5.01 Å². The lowest BCUT2D eigenvalue weighted by molar-refractivity contribution is -0.975. The number of hydrogen-bond donors (Lipinski definition) is 1. The lowest BCUT2D eigenvalue weighted by atomic mass is 10.1. The summed E-state index contributed by atoms with van der Waals surface area (Å²) in [6.07, 6.45) is 3.49. The summed E-state index contributed by atoms with van der Waals surface area (Å²) in [5.41, 5.74) is 2.79. The molecule has 0 amide bonds. The van der Waals surface area contributed by atoms with E-state index in [-0.39, 0.29) is 24.0 Å². The average molecular weight is 379 g/mol. The Morgan fingerprint density at radius 1 is 1.22 bits per heavy atom. The van der Waals surface area contributed by atoms with E-state index < -0.39 is 0 Å².